The molecule has 0 heterocycles. The third-order valence-electron chi connectivity index (χ3n) is 22.5. The van der Waals surface area contributed by atoms with Crippen molar-refractivity contribution in [2.45, 2.75) is 464 Å². The molecule has 0 aromatic heterocycles. The Bertz CT molecular complexity index is 1560. The normalized spacial score (nSPS) is 21.3. The Morgan fingerprint density at radius 1 is 0.289 bits per heavy atom. The maximum Gasteiger partial charge on any atom is 0.220 e. The van der Waals surface area contributed by atoms with Crippen molar-refractivity contribution in [3.63, 3.8) is 0 Å². The number of nitrogens with one attached hydrogen (secondary N) is 3. The molecule has 4 unspecified atom stereocenters. The van der Waals surface area contributed by atoms with Gasteiger partial charge in [0.1, 0.15) is 5.78 Å². The molecule has 0 radical (unpaired) electrons. The van der Waals surface area contributed by atoms with Crippen LogP contribution in [0.1, 0.15) is 446 Å². The summed E-state index contributed by atoms with van der Waals surface area (Å²) in [7, 11) is 0. The topological polar surface area (TPSA) is 104 Å². The van der Waals surface area contributed by atoms with E-state index in [1.807, 2.05) is 0 Å². The van der Waals surface area contributed by atoms with Gasteiger partial charge in [-0.2, -0.15) is 0 Å². The molecule has 3 rings (SSSR count). The molecule has 3 fully saturated rings. The molecule has 0 aromatic rings. The lowest BCUT2D eigenvalue weighted by Gasteiger charge is -2.42. The first-order chi connectivity index (χ1) is 44.0. The van der Waals surface area contributed by atoms with Crippen molar-refractivity contribution in [3.05, 3.63) is 0 Å². The maximum absolute atomic E-state index is 13.8. The number of hydrogen-bond donors (Lipinski definition) is 3. The molecule has 0 spiro atoms. The van der Waals surface area contributed by atoms with Gasteiger partial charge >= 0.3 is 0 Å². The second-order valence-electron chi connectivity index (χ2n) is 31.8. The summed E-state index contributed by atoms with van der Waals surface area (Å²) in [5, 5.41) is 10.3. The molecule has 0 aliphatic heterocycles. The molecule has 90 heavy (non-hydrogen) atoms. The summed E-state index contributed by atoms with van der Waals surface area (Å²) in [5.41, 5.74) is 0. The van der Waals surface area contributed by atoms with Gasteiger partial charge in [-0.05, 0) is 106 Å². The zero-order valence-electron chi connectivity index (χ0n) is 61.5. The first-order valence-corrected chi connectivity index (χ1v) is 41.4. The fraction of sp³-hybridized carbons (Fsp3) is 0.952. The van der Waals surface area contributed by atoms with E-state index < -0.39 is 0 Å². The third kappa shape index (κ3) is 44.7. The summed E-state index contributed by atoms with van der Waals surface area (Å²) in [6.45, 7) is 14.0. The Labute approximate surface area is 561 Å². The molecular weight excluding hydrogens is 1100 g/mol. The predicted octanol–water partition coefficient (Wildman–Crippen LogP) is 25.1. The lowest BCUT2D eigenvalue weighted by atomic mass is 9.63. The lowest BCUT2D eigenvalue weighted by Crippen LogP contribution is -2.53. The van der Waals surface area contributed by atoms with Gasteiger partial charge in [0, 0.05) is 50.2 Å². The van der Waals surface area contributed by atoms with Crippen LogP contribution in [0.3, 0.4) is 0 Å². The van der Waals surface area contributed by atoms with Crippen LogP contribution in [0.2, 0.25) is 0 Å². The van der Waals surface area contributed by atoms with E-state index in [0.717, 1.165) is 126 Å². The molecule has 0 aromatic carbocycles. The van der Waals surface area contributed by atoms with Crippen LogP contribution in [0, 0.1) is 41.4 Å². The lowest BCUT2D eigenvalue weighted by molar-refractivity contribution is -0.125. The second kappa shape index (κ2) is 57.3. The van der Waals surface area contributed by atoms with Crippen LogP contribution in [-0.2, 0) is 19.2 Å². The van der Waals surface area contributed by atoms with E-state index in [4.69, 9.17) is 0 Å². The van der Waals surface area contributed by atoms with Gasteiger partial charge in [0.05, 0.1) is 0 Å². The molecule has 3 N–H and O–H groups in total. The molecule has 3 saturated carbocycles. The molecule has 3 amide bonds. The standard InChI is InChI=1S/C83H157N3O4/c1-7-9-11-13-35-41-55-72-67-74(57-45-48-60-77(87)69-76-59-46-49-61-78(76)84-81(88)64-43-37-31-27-23-19-15-17-21-25-29-33-39-53-70(3)4)75(68-73(72)56-42-36-14-12-10-8-2)58-47-52-66-83(90)86-80-63-51-50-62-79(80)85-82(89)65-44-38-32-28-24-20-16-18-22-26-30-34-40-54-71(5)6/h70-76,78-80H,7-69H2,1-6H3,(H,84,88)(H,85,89)(H,86,90)/t72?,73?,74?,75?,76-,78-,79+,80-/m0/s1. The van der Waals surface area contributed by atoms with Crippen LogP contribution in [0.5, 0.6) is 0 Å². The highest BCUT2D eigenvalue weighted by Gasteiger charge is 2.36. The molecule has 3 aliphatic carbocycles. The largest absolute Gasteiger partial charge is 0.353 e. The van der Waals surface area contributed by atoms with Crippen molar-refractivity contribution in [2.75, 3.05) is 0 Å². The third-order valence-corrected chi connectivity index (χ3v) is 22.5. The quantitative estimate of drug-likeness (QED) is 0.0528. The highest BCUT2D eigenvalue weighted by molar-refractivity contribution is 5.79. The second-order valence-corrected chi connectivity index (χ2v) is 31.8. The van der Waals surface area contributed by atoms with Crippen LogP contribution in [0.25, 0.3) is 0 Å². The van der Waals surface area contributed by atoms with E-state index in [9.17, 15) is 19.2 Å². The summed E-state index contributed by atoms with van der Waals surface area (Å²) in [5.74, 6) is 6.07. The molecule has 7 heteroatoms. The van der Waals surface area contributed by atoms with Gasteiger partial charge in [-0.25, -0.2) is 0 Å². The number of rotatable bonds is 61. The minimum atomic E-state index is 0.0500. The van der Waals surface area contributed by atoms with Gasteiger partial charge < -0.3 is 16.0 Å². The van der Waals surface area contributed by atoms with Crippen molar-refractivity contribution in [3.8, 4) is 0 Å². The Morgan fingerprint density at radius 3 is 0.889 bits per heavy atom. The minimum absolute atomic E-state index is 0.0500. The summed E-state index contributed by atoms with van der Waals surface area (Å²) < 4.78 is 0. The van der Waals surface area contributed by atoms with Gasteiger partial charge in [0.15, 0.2) is 0 Å². The highest BCUT2D eigenvalue weighted by atomic mass is 16.2. The first kappa shape index (κ1) is 82.3. The Hall–Kier alpha value is -1.92. The molecular formula is C83H157N3O4. The van der Waals surface area contributed by atoms with Crippen molar-refractivity contribution >= 4 is 23.5 Å². The number of carbonyl (C=O) groups excluding carboxylic acids is 4. The Kier molecular flexibility index (Phi) is 52.4. The molecule has 0 saturated heterocycles. The van der Waals surface area contributed by atoms with Crippen LogP contribution in [-0.4, -0.2) is 41.6 Å². The van der Waals surface area contributed by atoms with E-state index in [1.54, 1.807) is 0 Å². The summed E-state index contributed by atoms with van der Waals surface area (Å²) in [6, 6.07) is 0.270. The zero-order chi connectivity index (χ0) is 64.8. The summed E-state index contributed by atoms with van der Waals surface area (Å²) >= 11 is 0. The number of hydrogen-bond acceptors (Lipinski definition) is 4. The number of carbonyl (C=O) groups is 4. The molecule has 528 valence electrons. The summed E-state index contributed by atoms with van der Waals surface area (Å²) in [6.07, 6.45) is 77.5. The predicted molar refractivity (Wildman–Crippen MR) is 390 cm³/mol. The van der Waals surface area contributed by atoms with Gasteiger partial charge in [0.25, 0.3) is 0 Å². The van der Waals surface area contributed by atoms with Crippen LogP contribution >= 0.6 is 0 Å². The summed E-state index contributed by atoms with van der Waals surface area (Å²) in [4.78, 5) is 53.9. The SMILES string of the molecule is CCCCCCCCC1CC(CCCCC(=O)C[C@@H]2CCCC[C@@H]2NC(=O)CCCCCCCCCCCCCCCC(C)C)C(CCCCC(=O)N[C@H]2CCCC[C@H]2NC(=O)CCCCCCCCCCCCCCCC(C)C)CC1CCCCCCCC. The van der Waals surface area contributed by atoms with Crippen molar-refractivity contribution in [2.24, 2.45) is 41.4 Å². The van der Waals surface area contributed by atoms with Gasteiger partial charge in [0.2, 0.25) is 17.7 Å². The Morgan fingerprint density at radius 2 is 0.544 bits per heavy atom. The van der Waals surface area contributed by atoms with E-state index in [1.165, 1.54) is 276 Å². The number of unbranched alkanes of at least 4 members (excludes halogenated alkanes) is 36. The molecule has 7 nitrogen and oxygen atoms in total. The first-order valence-electron chi connectivity index (χ1n) is 41.4. The highest BCUT2D eigenvalue weighted by Crippen LogP contribution is 2.47. The molecule has 3 aliphatic rings. The number of Topliss-reactive ketones (excluding diaryl/α,β-unsaturated/α-hetero) is 1. The van der Waals surface area contributed by atoms with Crippen LogP contribution in [0.15, 0.2) is 0 Å². The Balaban J connectivity index is 1.42. The zero-order valence-corrected chi connectivity index (χ0v) is 61.5. The van der Waals surface area contributed by atoms with Gasteiger partial charge in [-0.15, -0.1) is 0 Å². The fourth-order valence-electron chi connectivity index (χ4n) is 16.7. The fourth-order valence-corrected chi connectivity index (χ4v) is 16.7. The van der Waals surface area contributed by atoms with E-state index in [2.05, 4.69) is 57.5 Å². The van der Waals surface area contributed by atoms with Crippen molar-refractivity contribution in [1.82, 2.24) is 16.0 Å². The van der Waals surface area contributed by atoms with Crippen LogP contribution < -0.4 is 16.0 Å². The van der Waals surface area contributed by atoms with E-state index in [0.29, 0.717) is 49.7 Å². The minimum Gasteiger partial charge on any atom is -0.353 e. The average molecular weight is 1260 g/mol. The monoisotopic (exact) mass is 1260 g/mol. The molecule has 8 atom stereocenters. The smallest absolute Gasteiger partial charge is 0.220 e. The van der Waals surface area contributed by atoms with E-state index in [-0.39, 0.29) is 35.8 Å². The van der Waals surface area contributed by atoms with Crippen molar-refractivity contribution < 1.29 is 19.2 Å². The average Bonchev–Trinajstić information content (AvgIpc) is 3.29. The maximum atomic E-state index is 13.8. The van der Waals surface area contributed by atoms with Crippen molar-refractivity contribution in [1.29, 1.82) is 0 Å². The molecule has 0 bridgehead atoms. The van der Waals surface area contributed by atoms with E-state index >= 15 is 0 Å². The van der Waals surface area contributed by atoms with Crippen LogP contribution in [0.4, 0.5) is 0 Å². The number of ketones is 1. The van der Waals surface area contributed by atoms with Gasteiger partial charge in [-0.1, -0.05) is 350 Å². The number of amides is 3. The van der Waals surface area contributed by atoms with Gasteiger partial charge in [-0.3, -0.25) is 19.2 Å².